The van der Waals surface area contributed by atoms with Crippen molar-refractivity contribution in [1.29, 1.82) is 0 Å². The van der Waals surface area contributed by atoms with Gasteiger partial charge >= 0.3 is 0 Å². The van der Waals surface area contributed by atoms with Crippen LogP contribution < -0.4 is 10.0 Å². The largest absolute Gasteiger partial charge is 0.444 e. The van der Waals surface area contributed by atoms with Gasteiger partial charge in [0, 0.05) is 29.2 Å². The summed E-state index contributed by atoms with van der Waals surface area (Å²) >= 11 is 5.88. The number of nitrogens with one attached hydrogen (secondary N) is 2. The summed E-state index contributed by atoms with van der Waals surface area (Å²) < 4.78 is 33.0. The fourth-order valence-corrected chi connectivity index (χ4v) is 4.32. The van der Waals surface area contributed by atoms with E-state index < -0.39 is 10.0 Å². The minimum atomic E-state index is -3.76. The number of amidine groups is 1. The van der Waals surface area contributed by atoms with Gasteiger partial charge in [0.2, 0.25) is 11.8 Å². The van der Waals surface area contributed by atoms with Gasteiger partial charge in [0.15, 0.2) is 0 Å². The minimum absolute atomic E-state index is 0.0247. The van der Waals surface area contributed by atoms with Crippen LogP contribution in [0, 0.1) is 0 Å². The Bertz CT molecular complexity index is 1240. The van der Waals surface area contributed by atoms with Gasteiger partial charge in [-0.15, -0.1) is 0 Å². The molecule has 0 aliphatic carbocycles. The fraction of sp³-hybridized carbons (Fsp3) is 0.190. The van der Waals surface area contributed by atoms with Crippen molar-refractivity contribution in [2.75, 3.05) is 11.9 Å². The lowest BCUT2D eigenvalue weighted by molar-refractivity contribution is -0.115. The molecular formula is C21H19ClN4O4S. The van der Waals surface area contributed by atoms with Crippen LogP contribution in [-0.4, -0.2) is 31.7 Å². The van der Waals surface area contributed by atoms with Crippen LogP contribution in [0.4, 0.5) is 5.69 Å². The molecule has 2 aromatic carbocycles. The van der Waals surface area contributed by atoms with Gasteiger partial charge in [-0.3, -0.25) is 14.5 Å². The van der Waals surface area contributed by atoms with Crippen LogP contribution in [0.2, 0.25) is 5.02 Å². The number of sulfonamides is 1. The number of aliphatic imine (C=N–C) groups is 1. The van der Waals surface area contributed by atoms with Crippen molar-refractivity contribution >= 4 is 39.1 Å². The van der Waals surface area contributed by atoms with Crippen LogP contribution in [0.5, 0.6) is 0 Å². The molecule has 0 fully saturated rings. The SMILES string of the molecule is O=C(Cc1coc(-c2ccc(Cl)cc2)n1)Nc1cccc(S(=O)(=O)NC2=NCCC2)c1. The summed E-state index contributed by atoms with van der Waals surface area (Å²) in [5.41, 5.74) is 1.56. The number of carbonyl (C=O) groups is 1. The maximum Gasteiger partial charge on any atom is 0.262 e. The number of hydrogen-bond donors (Lipinski definition) is 2. The van der Waals surface area contributed by atoms with Crippen molar-refractivity contribution in [2.45, 2.75) is 24.2 Å². The van der Waals surface area contributed by atoms with Gasteiger partial charge in [-0.1, -0.05) is 17.7 Å². The molecule has 10 heteroatoms. The van der Waals surface area contributed by atoms with Gasteiger partial charge in [-0.2, -0.15) is 0 Å². The normalized spacial score (nSPS) is 13.6. The Hall–Kier alpha value is -3.17. The summed E-state index contributed by atoms with van der Waals surface area (Å²) in [6.45, 7) is 0.621. The number of hydrogen-bond acceptors (Lipinski definition) is 6. The molecule has 160 valence electrons. The van der Waals surface area contributed by atoms with Crippen LogP contribution in [-0.2, 0) is 21.2 Å². The average molecular weight is 459 g/mol. The van der Waals surface area contributed by atoms with Crippen LogP contribution >= 0.6 is 11.6 Å². The predicted molar refractivity (Wildman–Crippen MR) is 118 cm³/mol. The molecule has 3 aromatic rings. The van der Waals surface area contributed by atoms with Crippen molar-refractivity contribution < 1.29 is 17.6 Å². The molecule has 1 aromatic heterocycles. The van der Waals surface area contributed by atoms with E-state index in [1.807, 2.05) is 0 Å². The highest BCUT2D eigenvalue weighted by molar-refractivity contribution is 7.90. The van der Waals surface area contributed by atoms with Gasteiger partial charge in [0.25, 0.3) is 10.0 Å². The number of carbonyl (C=O) groups excluding carboxylic acids is 1. The van der Waals surface area contributed by atoms with Crippen LogP contribution in [0.15, 0.2) is 69.1 Å². The molecule has 0 bridgehead atoms. The Labute approximate surface area is 184 Å². The quantitative estimate of drug-likeness (QED) is 0.585. The zero-order valence-corrected chi connectivity index (χ0v) is 17.9. The molecule has 4 rings (SSSR count). The van der Waals surface area contributed by atoms with Gasteiger partial charge < -0.3 is 9.73 Å². The van der Waals surface area contributed by atoms with E-state index in [2.05, 4.69) is 20.0 Å². The van der Waals surface area contributed by atoms with Crippen molar-refractivity contribution in [3.05, 3.63) is 65.5 Å². The molecule has 8 nitrogen and oxygen atoms in total. The molecule has 0 atom stereocenters. The van der Waals surface area contributed by atoms with E-state index in [4.69, 9.17) is 16.0 Å². The summed E-state index contributed by atoms with van der Waals surface area (Å²) in [6, 6.07) is 13.0. The van der Waals surface area contributed by atoms with Gasteiger partial charge in [0.05, 0.1) is 17.0 Å². The lowest BCUT2D eigenvalue weighted by Gasteiger charge is -2.10. The van der Waals surface area contributed by atoms with Gasteiger partial charge in [-0.05, 0) is 48.9 Å². The third-order valence-electron chi connectivity index (χ3n) is 4.54. The van der Waals surface area contributed by atoms with Gasteiger partial charge in [0.1, 0.15) is 12.1 Å². The van der Waals surface area contributed by atoms with Crippen molar-refractivity contribution in [3.63, 3.8) is 0 Å². The molecule has 2 heterocycles. The number of rotatable bonds is 6. The fourth-order valence-electron chi connectivity index (χ4n) is 3.06. The zero-order chi connectivity index (χ0) is 21.8. The molecule has 31 heavy (non-hydrogen) atoms. The number of amides is 1. The minimum Gasteiger partial charge on any atom is -0.444 e. The first-order chi connectivity index (χ1) is 14.9. The molecule has 0 radical (unpaired) electrons. The molecule has 1 aliphatic rings. The number of aromatic nitrogens is 1. The molecule has 0 saturated heterocycles. The van der Waals surface area contributed by atoms with E-state index in [-0.39, 0.29) is 17.2 Å². The van der Waals surface area contributed by atoms with E-state index in [0.29, 0.717) is 41.1 Å². The van der Waals surface area contributed by atoms with Crippen molar-refractivity contribution in [1.82, 2.24) is 9.71 Å². The summed E-state index contributed by atoms with van der Waals surface area (Å²) in [5, 5.41) is 3.29. The average Bonchev–Trinajstić information content (AvgIpc) is 3.40. The number of anilines is 1. The van der Waals surface area contributed by atoms with Crippen LogP contribution in [0.3, 0.4) is 0 Å². The molecule has 1 aliphatic heterocycles. The van der Waals surface area contributed by atoms with Crippen LogP contribution in [0.25, 0.3) is 11.5 Å². The van der Waals surface area contributed by atoms with Crippen LogP contribution in [0.1, 0.15) is 18.5 Å². The van der Waals surface area contributed by atoms with Crippen molar-refractivity contribution in [3.8, 4) is 11.5 Å². The molecular weight excluding hydrogens is 440 g/mol. The topological polar surface area (TPSA) is 114 Å². The third-order valence-corrected chi connectivity index (χ3v) is 6.17. The zero-order valence-electron chi connectivity index (χ0n) is 16.3. The smallest absolute Gasteiger partial charge is 0.262 e. The number of benzene rings is 2. The van der Waals surface area contributed by atoms with E-state index in [9.17, 15) is 13.2 Å². The highest BCUT2D eigenvalue weighted by atomic mass is 35.5. The lowest BCUT2D eigenvalue weighted by atomic mass is 10.2. The Kier molecular flexibility index (Phi) is 6.06. The van der Waals surface area contributed by atoms with E-state index in [1.165, 1.54) is 18.4 Å². The predicted octanol–water partition coefficient (Wildman–Crippen LogP) is 3.65. The van der Waals surface area contributed by atoms with E-state index in [1.54, 1.807) is 36.4 Å². The van der Waals surface area contributed by atoms with Gasteiger partial charge in [-0.25, -0.2) is 13.4 Å². The van der Waals surface area contributed by atoms with E-state index >= 15 is 0 Å². The maximum absolute atomic E-state index is 12.5. The molecule has 0 spiro atoms. The summed E-state index contributed by atoms with van der Waals surface area (Å²) in [5.74, 6) is 0.490. The molecule has 0 saturated carbocycles. The van der Waals surface area contributed by atoms with E-state index in [0.717, 1.165) is 12.0 Å². The molecule has 2 N–H and O–H groups in total. The number of oxazole rings is 1. The Morgan fingerprint density at radius 3 is 2.71 bits per heavy atom. The van der Waals surface area contributed by atoms with Crippen molar-refractivity contribution in [2.24, 2.45) is 4.99 Å². The first-order valence-corrected chi connectivity index (χ1v) is 11.4. The summed E-state index contributed by atoms with van der Waals surface area (Å²) in [7, 11) is -3.76. The first kappa shape index (κ1) is 21.1. The Morgan fingerprint density at radius 2 is 1.97 bits per heavy atom. The Balaban J connectivity index is 1.41. The highest BCUT2D eigenvalue weighted by Gasteiger charge is 2.19. The number of nitrogens with zero attached hydrogens (tertiary/aromatic N) is 2. The summed E-state index contributed by atoms with van der Waals surface area (Å²) in [4.78, 5) is 20.9. The third kappa shape index (κ3) is 5.31. The second-order valence-electron chi connectivity index (χ2n) is 6.94. The second kappa shape index (κ2) is 8.91. The maximum atomic E-state index is 12.5. The lowest BCUT2D eigenvalue weighted by Crippen LogP contribution is -2.29. The highest BCUT2D eigenvalue weighted by Crippen LogP contribution is 2.21. The molecule has 0 unspecified atom stereocenters. The molecule has 1 amide bonds. The Morgan fingerprint density at radius 1 is 1.16 bits per heavy atom. The number of halogens is 1. The second-order valence-corrected chi connectivity index (χ2v) is 9.06. The summed E-state index contributed by atoms with van der Waals surface area (Å²) in [6.07, 6.45) is 2.82. The first-order valence-electron chi connectivity index (χ1n) is 9.55. The standard InChI is InChI=1S/C21H19ClN4O4S/c22-15-8-6-14(7-9-15)21-25-17(13-30-21)12-20(27)24-16-3-1-4-18(11-16)31(28,29)26-19-5-2-10-23-19/h1,3-4,6-9,11,13H,2,5,10,12H2,(H,23,26)(H,24,27). The monoisotopic (exact) mass is 458 g/mol.